The topological polar surface area (TPSA) is 95.9 Å². The molecule has 0 rings (SSSR count). The van der Waals surface area contributed by atoms with E-state index < -0.39 is 12.1 Å². The number of rotatable bonds is 64. The standard InChI is InChI=1S/C70H133NO5/c1-3-5-7-9-11-13-15-17-19-20-28-31-35-38-42-46-50-54-58-62-68(73)67(66-72)71-69(74)63-59-55-51-47-43-39-36-32-29-26-24-22-21-23-25-27-30-33-37-41-45-49-53-57-61-65-76-70(75)64-60-56-52-48-44-40-34-18-16-14-12-10-8-6-4-2/h22-25,58,62,67-68,72-73H,3-21,26-57,59-61,63-66H2,1-2H3,(H,71,74)/b24-22-,25-23-,62-58+. The third kappa shape index (κ3) is 61.3. The molecule has 0 aromatic carbocycles. The summed E-state index contributed by atoms with van der Waals surface area (Å²) in [4.78, 5) is 24.6. The van der Waals surface area contributed by atoms with Crippen molar-refractivity contribution < 1.29 is 24.5 Å². The van der Waals surface area contributed by atoms with Crippen molar-refractivity contribution in [3.63, 3.8) is 0 Å². The molecule has 0 aliphatic heterocycles. The van der Waals surface area contributed by atoms with E-state index in [-0.39, 0.29) is 18.5 Å². The number of hydrogen-bond donors (Lipinski definition) is 3. The minimum atomic E-state index is -0.849. The van der Waals surface area contributed by atoms with E-state index in [1.165, 1.54) is 302 Å². The summed E-state index contributed by atoms with van der Waals surface area (Å²) in [5, 5.41) is 23.2. The molecule has 0 bridgehead atoms. The minimum Gasteiger partial charge on any atom is -0.466 e. The largest absolute Gasteiger partial charge is 0.466 e. The molecule has 2 atom stereocenters. The molecule has 0 aromatic heterocycles. The Labute approximate surface area is 474 Å². The van der Waals surface area contributed by atoms with Gasteiger partial charge in [-0.3, -0.25) is 9.59 Å². The number of aliphatic hydroxyl groups is 2. The highest BCUT2D eigenvalue weighted by Gasteiger charge is 2.18. The number of esters is 1. The summed E-state index contributed by atoms with van der Waals surface area (Å²) in [7, 11) is 0. The van der Waals surface area contributed by atoms with Crippen LogP contribution in [0.5, 0.6) is 0 Å². The molecule has 0 spiro atoms. The molecule has 448 valence electrons. The summed E-state index contributed by atoms with van der Waals surface area (Å²) in [5.74, 6) is -0.0594. The predicted molar refractivity (Wildman–Crippen MR) is 333 cm³/mol. The molecule has 6 nitrogen and oxygen atoms in total. The summed E-state index contributed by atoms with van der Waals surface area (Å²) in [6.07, 6.45) is 83.5. The van der Waals surface area contributed by atoms with Crippen LogP contribution in [0.15, 0.2) is 36.5 Å². The summed E-state index contributed by atoms with van der Waals surface area (Å²) in [6, 6.07) is -0.633. The molecule has 2 unspecified atom stereocenters. The van der Waals surface area contributed by atoms with E-state index in [4.69, 9.17) is 4.74 Å². The Morgan fingerprint density at radius 1 is 0.368 bits per heavy atom. The maximum atomic E-state index is 12.5. The summed E-state index contributed by atoms with van der Waals surface area (Å²) < 4.78 is 5.49. The van der Waals surface area contributed by atoms with Gasteiger partial charge in [-0.05, 0) is 64.2 Å². The van der Waals surface area contributed by atoms with Gasteiger partial charge in [0, 0.05) is 12.8 Å². The number of aliphatic hydroxyl groups excluding tert-OH is 2. The van der Waals surface area contributed by atoms with E-state index in [9.17, 15) is 19.8 Å². The van der Waals surface area contributed by atoms with Crippen LogP contribution >= 0.6 is 0 Å². The molecule has 0 saturated heterocycles. The Kier molecular flexibility index (Phi) is 63.9. The van der Waals surface area contributed by atoms with Gasteiger partial charge in [-0.15, -0.1) is 0 Å². The number of amides is 1. The lowest BCUT2D eigenvalue weighted by Crippen LogP contribution is -2.45. The van der Waals surface area contributed by atoms with Gasteiger partial charge in [0.1, 0.15) is 0 Å². The van der Waals surface area contributed by atoms with Crippen LogP contribution in [0.4, 0.5) is 0 Å². The van der Waals surface area contributed by atoms with Crippen molar-refractivity contribution in [2.75, 3.05) is 13.2 Å². The van der Waals surface area contributed by atoms with Gasteiger partial charge >= 0.3 is 5.97 Å². The van der Waals surface area contributed by atoms with E-state index in [0.29, 0.717) is 19.4 Å². The molecule has 0 radical (unpaired) electrons. The van der Waals surface area contributed by atoms with Crippen molar-refractivity contribution in [2.45, 2.75) is 386 Å². The fraction of sp³-hybridized carbons (Fsp3) is 0.886. The maximum Gasteiger partial charge on any atom is 0.305 e. The second-order valence-corrected chi connectivity index (χ2v) is 23.5. The Morgan fingerprint density at radius 2 is 0.658 bits per heavy atom. The number of ether oxygens (including phenoxy) is 1. The zero-order chi connectivity index (χ0) is 55.0. The average molecular weight is 1070 g/mol. The van der Waals surface area contributed by atoms with Crippen LogP contribution < -0.4 is 5.32 Å². The zero-order valence-corrected chi connectivity index (χ0v) is 51.3. The van der Waals surface area contributed by atoms with Crippen LogP contribution in [0, 0.1) is 0 Å². The smallest absolute Gasteiger partial charge is 0.305 e. The van der Waals surface area contributed by atoms with Crippen LogP contribution in [0.1, 0.15) is 373 Å². The first-order valence-electron chi connectivity index (χ1n) is 34.3. The molecule has 76 heavy (non-hydrogen) atoms. The van der Waals surface area contributed by atoms with Gasteiger partial charge in [-0.1, -0.05) is 333 Å². The summed E-state index contributed by atoms with van der Waals surface area (Å²) >= 11 is 0. The highest BCUT2D eigenvalue weighted by molar-refractivity contribution is 5.76. The van der Waals surface area contributed by atoms with Crippen LogP contribution in [-0.4, -0.2) is 47.4 Å². The third-order valence-electron chi connectivity index (χ3n) is 15.9. The second-order valence-electron chi connectivity index (χ2n) is 23.5. The van der Waals surface area contributed by atoms with Crippen LogP contribution in [0.2, 0.25) is 0 Å². The van der Waals surface area contributed by atoms with Crippen LogP contribution in [0.3, 0.4) is 0 Å². The van der Waals surface area contributed by atoms with Gasteiger partial charge < -0.3 is 20.3 Å². The van der Waals surface area contributed by atoms with Crippen molar-refractivity contribution in [3.05, 3.63) is 36.5 Å². The predicted octanol–water partition coefficient (Wildman–Crippen LogP) is 21.9. The molecule has 0 aromatic rings. The number of carbonyl (C=O) groups is 2. The fourth-order valence-corrected chi connectivity index (χ4v) is 10.7. The average Bonchev–Trinajstić information content (AvgIpc) is 3.42. The highest BCUT2D eigenvalue weighted by Crippen LogP contribution is 2.18. The first-order chi connectivity index (χ1) is 37.5. The fourth-order valence-electron chi connectivity index (χ4n) is 10.7. The molecule has 0 fully saturated rings. The van der Waals surface area contributed by atoms with Crippen molar-refractivity contribution in [1.82, 2.24) is 5.32 Å². The van der Waals surface area contributed by atoms with Crippen molar-refractivity contribution in [1.29, 1.82) is 0 Å². The second kappa shape index (κ2) is 65.6. The molecule has 0 aliphatic rings. The number of hydrogen-bond acceptors (Lipinski definition) is 5. The quantitative estimate of drug-likeness (QED) is 0.0320. The molecule has 3 N–H and O–H groups in total. The normalized spacial score (nSPS) is 12.7. The van der Waals surface area contributed by atoms with Gasteiger partial charge in [-0.2, -0.15) is 0 Å². The Morgan fingerprint density at radius 3 is 1.00 bits per heavy atom. The number of carbonyl (C=O) groups excluding carboxylic acids is 2. The van der Waals surface area contributed by atoms with Gasteiger partial charge in [0.25, 0.3) is 0 Å². The molecule has 6 heteroatoms. The van der Waals surface area contributed by atoms with Crippen molar-refractivity contribution >= 4 is 11.9 Å². The van der Waals surface area contributed by atoms with Gasteiger partial charge in [0.05, 0.1) is 25.4 Å². The van der Waals surface area contributed by atoms with Gasteiger partial charge in [-0.25, -0.2) is 0 Å². The SMILES string of the molecule is CCCCCCCCCCCCCCCCCCC/C=C/C(O)C(CO)NC(=O)CCCCCCCCCCC/C=C\C/C=C\CCCCCCCCCCCOC(=O)CCCCCCCCCCCCCCCCC. The van der Waals surface area contributed by atoms with Crippen molar-refractivity contribution in [3.8, 4) is 0 Å². The van der Waals surface area contributed by atoms with Crippen molar-refractivity contribution in [2.24, 2.45) is 0 Å². The molecular weight excluding hydrogens is 935 g/mol. The number of unbranched alkanes of at least 4 members (excludes halogenated alkanes) is 49. The number of nitrogens with one attached hydrogen (secondary N) is 1. The molecule has 0 aliphatic carbocycles. The summed E-state index contributed by atoms with van der Waals surface area (Å²) in [5.41, 5.74) is 0. The van der Waals surface area contributed by atoms with E-state index in [1.807, 2.05) is 6.08 Å². The van der Waals surface area contributed by atoms with Gasteiger partial charge in [0.2, 0.25) is 5.91 Å². The van der Waals surface area contributed by atoms with E-state index in [1.54, 1.807) is 6.08 Å². The lowest BCUT2D eigenvalue weighted by molar-refractivity contribution is -0.143. The zero-order valence-electron chi connectivity index (χ0n) is 51.3. The lowest BCUT2D eigenvalue weighted by Gasteiger charge is -2.20. The molecule has 1 amide bonds. The first kappa shape index (κ1) is 74.1. The van der Waals surface area contributed by atoms with Crippen LogP contribution in [-0.2, 0) is 14.3 Å². The summed E-state index contributed by atoms with van der Waals surface area (Å²) in [6.45, 7) is 4.93. The minimum absolute atomic E-state index is 0.0118. The third-order valence-corrected chi connectivity index (χ3v) is 15.9. The Hall–Kier alpha value is -1.92. The monoisotopic (exact) mass is 1070 g/mol. The van der Waals surface area contributed by atoms with Gasteiger partial charge in [0.15, 0.2) is 0 Å². The van der Waals surface area contributed by atoms with E-state index in [2.05, 4.69) is 43.5 Å². The number of allylic oxidation sites excluding steroid dienone is 5. The maximum absolute atomic E-state index is 12.5. The van der Waals surface area contributed by atoms with E-state index >= 15 is 0 Å². The van der Waals surface area contributed by atoms with Crippen LogP contribution in [0.25, 0.3) is 0 Å². The molecule has 0 saturated carbocycles. The lowest BCUT2D eigenvalue weighted by atomic mass is 10.0. The molecule has 0 heterocycles. The Bertz CT molecular complexity index is 1230. The Balaban J connectivity index is 3.45. The first-order valence-corrected chi connectivity index (χ1v) is 34.3. The van der Waals surface area contributed by atoms with E-state index in [0.717, 1.165) is 44.9 Å². The molecular formula is C70H133NO5. The highest BCUT2D eigenvalue weighted by atomic mass is 16.5.